The van der Waals surface area contributed by atoms with Gasteiger partial charge in [-0.25, -0.2) is 0 Å². The van der Waals surface area contributed by atoms with E-state index in [9.17, 15) is 5.11 Å². The lowest BCUT2D eigenvalue weighted by Gasteiger charge is -2.20. The summed E-state index contributed by atoms with van der Waals surface area (Å²) in [6.07, 6.45) is 1.30. The molecule has 1 atom stereocenters. The van der Waals surface area contributed by atoms with Gasteiger partial charge in [0.15, 0.2) is 0 Å². The van der Waals surface area contributed by atoms with Crippen molar-refractivity contribution in [2.45, 2.75) is 39.7 Å². The molecule has 1 aromatic rings. The summed E-state index contributed by atoms with van der Waals surface area (Å²) in [6, 6.07) is 7.48. The summed E-state index contributed by atoms with van der Waals surface area (Å²) in [6.45, 7) is 6.52. The molecule has 0 aliphatic heterocycles. The number of aliphatic hydroxyl groups excluding tert-OH is 1. The van der Waals surface area contributed by atoms with Crippen molar-refractivity contribution in [1.29, 1.82) is 0 Å². The van der Waals surface area contributed by atoms with Gasteiger partial charge in [0.1, 0.15) is 0 Å². The van der Waals surface area contributed by atoms with Crippen LogP contribution < -0.4 is 0 Å². The molecule has 0 fully saturated rings. The van der Waals surface area contributed by atoms with Crippen molar-refractivity contribution in [3.8, 4) is 0 Å². The van der Waals surface area contributed by atoms with Gasteiger partial charge in [0.25, 0.3) is 0 Å². The topological polar surface area (TPSA) is 20.2 Å². The fourth-order valence-corrected chi connectivity index (χ4v) is 1.73. The number of hydrogen-bond donors (Lipinski definition) is 1. The third-order valence-corrected chi connectivity index (χ3v) is 2.78. The van der Waals surface area contributed by atoms with Crippen molar-refractivity contribution in [3.05, 3.63) is 34.9 Å². The van der Waals surface area contributed by atoms with Crippen LogP contribution >= 0.6 is 11.6 Å². The van der Waals surface area contributed by atoms with E-state index >= 15 is 0 Å². The predicted molar refractivity (Wildman–Crippen MR) is 65.1 cm³/mol. The lowest BCUT2D eigenvalue weighted by atomic mass is 9.88. The Morgan fingerprint density at radius 1 is 1.27 bits per heavy atom. The average Bonchev–Trinajstić information content (AvgIpc) is 2.14. The van der Waals surface area contributed by atoms with Crippen LogP contribution in [0.1, 0.15) is 45.3 Å². The molecule has 2 heteroatoms. The lowest BCUT2D eigenvalue weighted by Crippen LogP contribution is -2.08. The standard InChI is InChI=1S/C13H19ClO/c1-13(2,3)9-8-12(15)10-6-4-5-7-11(10)14/h4-7,12,15H,8-9H2,1-3H3/t12-/m0/s1. The smallest absolute Gasteiger partial charge is 0.0804 e. The van der Waals surface area contributed by atoms with Crippen molar-refractivity contribution < 1.29 is 5.11 Å². The molecule has 0 bridgehead atoms. The summed E-state index contributed by atoms with van der Waals surface area (Å²) in [5.74, 6) is 0. The van der Waals surface area contributed by atoms with Gasteiger partial charge in [0.2, 0.25) is 0 Å². The van der Waals surface area contributed by atoms with Gasteiger partial charge in [-0.2, -0.15) is 0 Å². The molecule has 84 valence electrons. The quantitative estimate of drug-likeness (QED) is 0.819. The molecular formula is C13H19ClO. The van der Waals surface area contributed by atoms with E-state index in [-0.39, 0.29) is 5.41 Å². The lowest BCUT2D eigenvalue weighted by molar-refractivity contribution is 0.147. The Balaban J connectivity index is 2.62. The van der Waals surface area contributed by atoms with Crippen LogP contribution in [0.5, 0.6) is 0 Å². The van der Waals surface area contributed by atoms with E-state index < -0.39 is 6.10 Å². The summed E-state index contributed by atoms with van der Waals surface area (Å²) in [4.78, 5) is 0. The maximum atomic E-state index is 9.98. The molecule has 1 rings (SSSR count). The fourth-order valence-electron chi connectivity index (χ4n) is 1.47. The van der Waals surface area contributed by atoms with Crippen molar-refractivity contribution in [3.63, 3.8) is 0 Å². The van der Waals surface area contributed by atoms with Gasteiger partial charge < -0.3 is 5.11 Å². The molecule has 0 aliphatic rings. The number of rotatable bonds is 3. The Kier molecular flexibility index (Phi) is 4.18. The molecule has 0 saturated heterocycles. The van der Waals surface area contributed by atoms with E-state index in [0.29, 0.717) is 5.02 Å². The minimum absolute atomic E-state index is 0.252. The van der Waals surface area contributed by atoms with Gasteiger partial charge >= 0.3 is 0 Å². The van der Waals surface area contributed by atoms with Gasteiger partial charge in [-0.3, -0.25) is 0 Å². The second-order valence-corrected chi connectivity index (χ2v) is 5.54. The third-order valence-electron chi connectivity index (χ3n) is 2.43. The van der Waals surface area contributed by atoms with Crippen LogP contribution in [0, 0.1) is 5.41 Å². The third kappa shape index (κ3) is 4.23. The van der Waals surface area contributed by atoms with Gasteiger partial charge in [0.05, 0.1) is 6.10 Å². The summed E-state index contributed by atoms with van der Waals surface area (Å²) < 4.78 is 0. The van der Waals surface area contributed by atoms with Crippen LogP contribution in [0.4, 0.5) is 0 Å². The Labute approximate surface area is 97.1 Å². The van der Waals surface area contributed by atoms with Crippen LogP contribution in [0.3, 0.4) is 0 Å². The van der Waals surface area contributed by atoms with Gasteiger partial charge in [-0.1, -0.05) is 50.6 Å². The van der Waals surface area contributed by atoms with Gasteiger partial charge in [0, 0.05) is 5.02 Å². The van der Waals surface area contributed by atoms with Crippen LogP contribution in [-0.2, 0) is 0 Å². The maximum absolute atomic E-state index is 9.98. The normalized spacial score (nSPS) is 13.9. The Hall–Kier alpha value is -0.530. The molecule has 0 amide bonds. The monoisotopic (exact) mass is 226 g/mol. The zero-order chi connectivity index (χ0) is 11.5. The number of aliphatic hydroxyl groups is 1. The average molecular weight is 227 g/mol. The largest absolute Gasteiger partial charge is 0.388 e. The van der Waals surface area contributed by atoms with E-state index in [1.807, 2.05) is 24.3 Å². The summed E-state index contributed by atoms with van der Waals surface area (Å²) >= 11 is 6.01. The van der Waals surface area contributed by atoms with Crippen molar-refractivity contribution in [2.24, 2.45) is 5.41 Å². The van der Waals surface area contributed by atoms with Crippen LogP contribution in [0.2, 0.25) is 5.02 Å². The SMILES string of the molecule is CC(C)(C)CC[C@H](O)c1ccccc1Cl. The predicted octanol–water partition coefficient (Wildman–Crippen LogP) is 4.20. The maximum Gasteiger partial charge on any atom is 0.0804 e. The van der Waals surface area contributed by atoms with E-state index in [2.05, 4.69) is 20.8 Å². The van der Waals surface area contributed by atoms with Crippen LogP contribution in [-0.4, -0.2) is 5.11 Å². The summed E-state index contributed by atoms with van der Waals surface area (Å²) in [7, 11) is 0. The highest BCUT2D eigenvalue weighted by Crippen LogP contribution is 2.30. The van der Waals surface area contributed by atoms with Gasteiger partial charge in [-0.05, 0) is 29.9 Å². The van der Waals surface area contributed by atoms with Gasteiger partial charge in [-0.15, -0.1) is 0 Å². The highest BCUT2D eigenvalue weighted by molar-refractivity contribution is 6.31. The van der Waals surface area contributed by atoms with E-state index in [1.54, 1.807) is 0 Å². The molecule has 0 unspecified atom stereocenters. The molecular weight excluding hydrogens is 208 g/mol. The molecule has 1 nitrogen and oxygen atoms in total. The highest BCUT2D eigenvalue weighted by atomic mass is 35.5. The molecule has 1 aromatic carbocycles. The van der Waals surface area contributed by atoms with E-state index in [4.69, 9.17) is 11.6 Å². The minimum Gasteiger partial charge on any atom is -0.388 e. The number of halogens is 1. The molecule has 0 aliphatic carbocycles. The van der Waals surface area contributed by atoms with E-state index in [1.165, 1.54) is 0 Å². The fraction of sp³-hybridized carbons (Fsp3) is 0.538. The van der Waals surface area contributed by atoms with Crippen LogP contribution in [0.25, 0.3) is 0 Å². The minimum atomic E-state index is -0.446. The van der Waals surface area contributed by atoms with Crippen molar-refractivity contribution >= 4 is 11.6 Å². The van der Waals surface area contributed by atoms with E-state index in [0.717, 1.165) is 18.4 Å². The first-order chi connectivity index (χ1) is 6.90. The Morgan fingerprint density at radius 3 is 2.40 bits per heavy atom. The molecule has 15 heavy (non-hydrogen) atoms. The Morgan fingerprint density at radius 2 is 1.87 bits per heavy atom. The molecule has 0 spiro atoms. The summed E-state index contributed by atoms with van der Waals surface area (Å²) in [5, 5.41) is 10.6. The molecule has 0 radical (unpaired) electrons. The second-order valence-electron chi connectivity index (χ2n) is 5.14. The number of benzene rings is 1. The zero-order valence-electron chi connectivity index (χ0n) is 9.63. The summed E-state index contributed by atoms with van der Waals surface area (Å²) in [5.41, 5.74) is 1.09. The zero-order valence-corrected chi connectivity index (χ0v) is 10.4. The second kappa shape index (κ2) is 5.00. The first-order valence-corrected chi connectivity index (χ1v) is 5.70. The number of hydrogen-bond acceptors (Lipinski definition) is 1. The molecule has 0 saturated carbocycles. The Bertz CT molecular complexity index is 315. The first kappa shape index (κ1) is 12.5. The molecule has 1 N–H and O–H groups in total. The molecule has 0 aromatic heterocycles. The highest BCUT2D eigenvalue weighted by Gasteiger charge is 2.16. The van der Waals surface area contributed by atoms with Crippen molar-refractivity contribution in [2.75, 3.05) is 0 Å². The van der Waals surface area contributed by atoms with Crippen molar-refractivity contribution in [1.82, 2.24) is 0 Å². The first-order valence-electron chi connectivity index (χ1n) is 5.33. The van der Waals surface area contributed by atoms with Crippen LogP contribution in [0.15, 0.2) is 24.3 Å². The molecule has 0 heterocycles.